The van der Waals surface area contributed by atoms with Gasteiger partial charge in [0, 0.05) is 5.71 Å². The number of esters is 1. The minimum Gasteiger partial charge on any atom is -0.468 e. The fraction of sp³-hybridized carbons (Fsp3) is 0.667. The minimum absolute atomic E-state index is 0.624. The molecule has 0 saturated carbocycles. The van der Waals surface area contributed by atoms with E-state index in [4.69, 9.17) is 1.37 Å². The molecule has 1 unspecified atom stereocenters. The maximum absolute atomic E-state index is 10.5. The van der Waals surface area contributed by atoms with Gasteiger partial charge in [-0.15, -0.1) is 0 Å². The van der Waals surface area contributed by atoms with Gasteiger partial charge in [-0.05, 0) is 13.8 Å². The van der Waals surface area contributed by atoms with Gasteiger partial charge in [-0.2, -0.15) is 0 Å². The van der Waals surface area contributed by atoms with Crippen molar-refractivity contribution in [1.82, 2.24) is 0 Å². The highest BCUT2D eigenvalue weighted by Crippen LogP contribution is 1.78. The zero-order valence-corrected chi connectivity index (χ0v) is 5.84. The van der Waals surface area contributed by atoms with Crippen molar-refractivity contribution in [3.63, 3.8) is 0 Å². The molecule has 52 valence electrons. The monoisotopic (exact) mass is 130 g/mol. The summed E-state index contributed by atoms with van der Waals surface area (Å²) in [7, 11) is 1.24. The SMILES string of the molecule is [2H]C(N=C(C)C)C(=O)OC. The first-order valence-corrected chi connectivity index (χ1v) is 2.59. The Morgan fingerprint density at radius 1 is 1.78 bits per heavy atom. The molecule has 0 N–H and O–H groups in total. The molecule has 0 aliphatic rings. The third kappa shape index (κ3) is 5.00. The number of hydrogen-bond donors (Lipinski definition) is 0. The number of carbonyl (C=O) groups is 1. The molecule has 0 aromatic carbocycles. The topological polar surface area (TPSA) is 38.7 Å². The van der Waals surface area contributed by atoms with Crippen LogP contribution in [-0.2, 0) is 9.53 Å². The minimum atomic E-state index is -1.12. The molecule has 0 heterocycles. The zero-order valence-electron chi connectivity index (χ0n) is 6.84. The average Bonchev–Trinajstić information content (AvgIpc) is 1.85. The number of carbonyl (C=O) groups excluding carboxylic acids is 1. The molecule has 0 amide bonds. The summed E-state index contributed by atoms with van der Waals surface area (Å²) in [6.07, 6.45) is 0. The molecule has 9 heavy (non-hydrogen) atoms. The van der Waals surface area contributed by atoms with Gasteiger partial charge in [-0.3, -0.25) is 9.79 Å². The number of hydrogen-bond acceptors (Lipinski definition) is 3. The second kappa shape index (κ2) is 4.06. The second-order valence-electron chi connectivity index (χ2n) is 1.73. The van der Waals surface area contributed by atoms with E-state index in [9.17, 15) is 4.79 Å². The standard InChI is InChI=1S/C6H11NO2/c1-5(2)7-4-6(8)9-3/h4H2,1-3H3/i4D. The predicted octanol–water partition coefficient (Wildman–Crippen LogP) is 0.640. The molecule has 0 bridgehead atoms. The number of aliphatic imine (C=N–C) groups is 1. The van der Waals surface area contributed by atoms with Crippen molar-refractivity contribution in [3.8, 4) is 0 Å². The van der Waals surface area contributed by atoms with Crippen molar-refractivity contribution < 1.29 is 10.9 Å². The lowest BCUT2D eigenvalue weighted by Gasteiger charge is -1.92. The van der Waals surface area contributed by atoms with E-state index in [1.807, 2.05) is 0 Å². The first kappa shape index (κ1) is 6.26. The van der Waals surface area contributed by atoms with Crippen LogP contribution in [0.1, 0.15) is 15.2 Å². The van der Waals surface area contributed by atoms with E-state index < -0.39 is 12.5 Å². The van der Waals surface area contributed by atoms with Crippen LogP contribution in [0.4, 0.5) is 0 Å². The second-order valence-corrected chi connectivity index (χ2v) is 1.73. The van der Waals surface area contributed by atoms with Gasteiger partial charge in [-0.25, -0.2) is 0 Å². The van der Waals surface area contributed by atoms with Crippen molar-refractivity contribution >= 4 is 11.7 Å². The van der Waals surface area contributed by atoms with Gasteiger partial charge < -0.3 is 4.74 Å². The third-order valence-electron chi connectivity index (χ3n) is 0.629. The van der Waals surface area contributed by atoms with Crippen LogP contribution < -0.4 is 0 Å². The van der Waals surface area contributed by atoms with Crippen LogP contribution in [-0.4, -0.2) is 25.3 Å². The van der Waals surface area contributed by atoms with E-state index in [1.54, 1.807) is 13.8 Å². The molecule has 0 spiro atoms. The summed E-state index contributed by atoms with van der Waals surface area (Å²) in [5.74, 6) is -0.624. The Bertz CT molecular complexity index is 152. The maximum Gasteiger partial charge on any atom is 0.327 e. The average molecular weight is 130 g/mol. The highest BCUT2D eigenvalue weighted by Gasteiger charge is 1.94. The molecule has 3 nitrogen and oxygen atoms in total. The lowest BCUT2D eigenvalue weighted by Crippen LogP contribution is -2.05. The summed E-state index contributed by atoms with van der Waals surface area (Å²) in [4.78, 5) is 14.2. The van der Waals surface area contributed by atoms with E-state index in [1.165, 1.54) is 7.11 Å². The van der Waals surface area contributed by atoms with E-state index in [0.717, 1.165) is 0 Å². The molecule has 0 radical (unpaired) electrons. The van der Waals surface area contributed by atoms with Gasteiger partial charge in [0.25, 0.3) is 0 Å². The molecule has 0 saturated heterocycles. The Balaban J connectivity index is 3.96. The molecular weight excluding hydrogens is 118 g/mol. The Hall–Kier alpha value is -0.860. The fourth-order valence-corrected chi connectivity index (χ4v) is 0.235. The normalized spacial score (nSPS) is 13.4. The summed E-state index contributed by atoms with van der Waals surface area (Å²) >= 11 is 0. The third-order valence-corrected chi connectivity index (χ3v) is 0.629. The molecule has 0 aliphatic heterocycles. The summed E-state index contributed by atoms with van der Waals surface area (Å²) in [5, 5.41) is 0. The van der Waals surface area contributed by atoms with Crippen LogP contribution in [0, 0.1) is 0 Å². The van der Waals surface area contributed by atoms with Crippen molar-refractivity contribution in [2.45, 2.75) is 13.8 Å². The first-order chi connectivity index (χ1) is 4.57. The van der Waals surface area contributed by atoms with Gasteiger partial charge in [0.2, 0.25) is 0 Å². The van der Waals surface area contributed by atoms with Gasteiger partial charge in [0.05, 0.1) is 8.48 Å². The van der Waals surface area contributed by atoms with Crippen molar-refractivity contribution in [2.75, 3.05) is 13.6 Å². The molecule has 0 aromatic rings. The number of methoxy groups -OCH3 is 1. The number of nitrogens with zero attached hydrogens (tertiary/aromatic N) is 1. The van der Waals surface area contributed by atoms with E-state index in [-0.39, 0.29) is 0 Å². The van der Waals surface area contributed by atoms with E-state index in [0.29, 0.717) is 5.71 Å². The van der Waals surface area contributed by atoms with E-state index in [2.05, 4.69) is 9.73 Å². The summed E-state index contributed by atoms with van der Waals surface area (Å²) in [6, 6.07) is 0. The van der Waals surface area contributed by atoms with Crippen molar-refractivity contribution in [3.05, 3.63) is 0 Å². The number of ether oxygens (including phenoxy) is 1. The molecular formula is C6H11NO2. The summed E-state index contributed by atoms with van der Waals surface area (Å²) in [5.41, 5.74) is 0.699. The maximum atomic E-state index is 10.5. The molecule has 3 heteroatoms. The quantitative estimate of drug-likeness (QED) is 0.406. The molecule has 1 atom stereocenters. The summed E-state index contributed by atoms with van der Waals surface area (Å²) in [6.45, 7) is 2.34. The molecule has 0 rings (SSSR count). The van der Waals surface area contributed by atoms with Crippen LogP contribution in [0.15, 0.2) is 4.99 Å². The van der Waals surface area contributed by atoms with Crippen LogP contribution in [0.5, 0.6) is 0 Å². The van der Waals surface area contributed by atoms with Crippen LogP contribution in [0.2, 0.25) is 0 Å². The Morgan fingerprint density at radius 3 is 2.67 bits per heavy atom. The smallest absolute Gasteiger partial charge is 0.327 e. The zero-order chi connectivity index (χ0) is 8.15. The molecule has 0 fully saturated rings. The van der Waals surface area contributed by atoms with Gasteiger partial charge in [0.15, 0.2) is 0 Å². The highest BCUT2D eigenvalue weighted by molar-refractivity contribution is 5.82. The van der Waals surface area contributed by atoms with Crippen LogP contribution in [0.3, 0.4) is 0 Å². The van der Waals surface area contributed by atoms with Crippen LogP contribution in [0.25, 0.3) is 0 Å². The predicted molar refractivity (Wildman–Crippen MR) is 35.7 cm³/mol. The van der Waals surface area contributed by atoms with Crippen molar-refractivity contribution in [1.29, 1.82) is 0 Å². The van der Waals surface area contributed by atoms with Gasteiger partial charge >= 0.3 is 5.97 Å². The number of rotatable bonds is 2. The van der Waals surface area contributed by atoms with Crippen LogP contribution >= 0.6 is 0 Å². The summed E-state index contributed by atoms with van der Waals surface area (Å²) < 4.78 is 11.3. The molecule has 0 aliphatic carbocycles. The van der Waals surface area contributed by atoms with E-state index >= 15 is 0 Å². The van der Waals surface area contributed by atoms with Gasteiger partial charge in [0.1, 0.15) is 6.52 Å². The van der Waals surface area contributed by atoms with Crippen molar-refractivity contribution in [2.24, 2.45) is 4.99 Å². The largest absolute Gasteiger partial charge is 0.468 e. The van der Waals surface area contributed by atoms with Gasteiger partial charge in [-0.1, -0.05) is 0 Å². The highest BCUT2D eigenvalue weighted by atomic mass is 16.5. The Kier molecular flexibility index (Phi) is 2.83. The fourth-order valence-electron chi connectivity index (χ4n) is 0.235. The lowest BCUT2D eigenvalue weighted by molar-refractivity contribution is -0.138. The Labute approximate surface area is 56.1 Å². The Morgan fingerprint density at radius 2 is 2.33 bits per heavy atom. The lowest BCUT2D eigenvalue weighted by atomic mass is 10.5. The first-order valence-electron chi connectivity index (χ1n) is 3.16. The molecule has 0 aromatic heterocycles.